The smallest absolute Gasteiger partial charge is 0.180 e. The van der Waals surface area contributed by atoms with E-state index in [4.69, 9.17) is 5.84 Å². The largest absolute Gasteiger partial charge is 0.583 e. The number of quaternary nitrogens is 1. The van der Waals surface area contributed by atoms with Gasteiger partial charge in [0.15, 0.2) is 5.69 Å². The molecule has 0 spiro atoms. The summed E-state index contributed by atoms with van der Waals surface area (Å²) in [6.45, 7) is 3.55. The molecule has 0 aliphatic heterocycles. The van der Waals surface area contributed by atoms with Crippen molar-refractivity contribution in [2.45, 2.75) is 0 Å². The fraction of sp³-hybridized carbons (Fsp3) is 0.300. The quantitative estimate of drug-likeness (QED) is 0.411. The molecule has 0 saturated carbocycles. The van der Waals surface area contributed by atoms with Crippen LogP contribution in [0, 0.1) is 0 Å². The van der Waals surface area contributed by atoms with Crippen LogP contribution < -0.4 is 9.60 Å². The Bertz CT molecular complexity index is 331. The van der Waals surface area contributed by atoms with Gasteiger partial charge < -0.3 is 10.9 Å². The Morgan fingerprint density at radius 1 is 1.36 bits per heavy atom. The van der Waals surface area contributed by atoms with Gasteiger partial charge in [-0.3, -0.25) is 0 Å². The fourth-order valence-corrected chi connectivity index (χ4v) is 1.29. The van der Waals surface area contributed by atoms with Gasteiger partial charge in [0.1, 0.15) is 0 Å². The van der Waals surface area contributed by atoms with E-state index in [9.17, 15) is 0 Å². The van der Waals surface area contributed by atoms with Crippen molar-refractivity contribution >= 4 is 18.1 Å². The van der Waals surface area contributed by atoms with E-state index in [1.165, 1.54) is 5.01 Å². The summed E-state index contributed by atoms with van der Waals surface area (Å²) in [5.41, 5.74) is 1.80. The van der Waals surface area contributed by atoms with Crippen LogP contribution in [0.25, 0.3) is 5.84 Å². The van der Waals surface area contributed by atoms with Crippen LogP contribution in [-0.4, -0.2) is 27.9 Å². The van der Waals surface area contributed by atoms with Gasteiger partial charge in [0.2, 0.25) is 0 Å². The van der Waals surface area contributed by atoms with Crippen LogP contribution in [0.3, 0.4) is 0 Å². The Morgan fingerprint density at radius 3 is 2.43 bits per heavy atom. The summed E-state index contributed by atoms with van der Waals surface area (Å²) in [5, 5.41) is 5.35. The second kappa shape index (κ2) is 3.77. The van der Waals surface area contributed by atoms with E-state index in [1.54, 1.807) is 7.05 Å². The van der Waals surface area contributed by atoms with E-state index in [-0.39, 0.29) is 0 Å². The minimum Gasteiger partial charge on any atom is -0.583 e. The lowest BCUT2D eigenvalue weighted by atomic mass is 10.2. The maximum absolute atomic E-state index is 7.58. The predicted molar refractivity (Wildman–Crippen MR) is 62.4 cm³/mol. The van der Waals surface area contributed by atoms with Crippen molar-refractivity contribution in [3.8, 4) is 0 Å². The Balaban J connectivity index is 3.26. The van der Waals surface area contributed by atoms with E-state index >= 15 is 0 Å². The van der Waals surface area contributed by atoms with Crippen molar-refractivity contribution in [1.29, 1.82) is 0 Å². The normalized spacial score (nSPS) is 11.1. The molecule has 0 unspecified atom stereocenters. The lowest BCUT2D eigenvalue weighted by Gasteiger charge is -2.30. The van der Waals surface area contributed by atoms with E-state index in [2.05, 4.69) is 11.8 Å². The maximum Gasteiger partial charge on any atom is 0.180 e. The van der Waals surface area contributed by atoms with Crippen LogP contribution in [0.15, 0.2) is 29.4 Å². The van der Waals surface area contributed by atoms with E-state index < -0.39 is 0 Å². The number of nitrogens with zero attached hydrogens (tertiary/aromatic N) is 3. The molecule has 1 N–H and O–H groups in total. The highest BCUT2D eigenvalue weighted by atomic mass is 15.6. The lowest BCUT2D eigenvalue weighted by molar-refractivity contribution is 0.429. The third-order valence-corrected chi connectivity index (χ3v) is 2.19. The van der Waals surface area contributed by atoms with Crippen LogP contribution in [0.4, 0.5) is 11.4 Å². The Kier molecular flexibility index (Phi) is 2.88. The summed E-state index contributed by atoms with van der Waals surface area (Å²) in [7, 11) is 5.55. The Hall–Kier alpha value is -1.39. The molecule has 1 aromatic rings. The van der Waals surface area contributed by atoms with Gasteiger partial charge in [0.05, 0.1) is 19.8 Å². The lowest BCUT2D eigenvalue weighted by Crippen LogP contribution is -2.34. The van der Waals surface area contributed by atoms with E-state index in [0.29, 0.717) is 4.59 Å². The zero-order chi connectivity index (χ0) is 10.8. The Labute approximate surface area is 84.8 Å². The highest BCUT2D eigenvalue weighted by Gasteiger charge is 2.20. The minimum absolute atomic E-state index is 0.319. The molecule has 0 aromatic heterocycles. The van der Waals surface area contributed by atoms with Crippen LogP contribution in [0.1, 0.15) is 0 Å². The third kappa shape index (κ3) is 1.92. The number of anilines is 1. The monoisotopic (exact) mass is 192 g/mol. The molecule has 14 heavy (non-hydrogen) atoms. The van der Waals surface area contributed by atoms with Crippen molar-refractivity contribution in [3.63, 3.8) is 0 Å². The molecule has 0 radical (unpaired) electrons. The second-order valence-corrected chi connectivity index (χ2v) is 3.58. The zero-order valence-corrected chi connectivity index (χ0v) is 8.86. The highest BCUT2D eigenvalue weighted by Crippen LogP contribution is 2.31. The van der Waals surface area contributed by atoms with Gasteiger partial charge in [-0.2, -0.15) is 4.59 Å². The van der Waals surface area contributed by atoms with Crippen molar-refractivity contribution in [2.75, 3.05) is 26.2 Å². The molecule has 0 fully saturated rings. The number of benzene rings is 1. The van der Waals surface area contributed by atoms with Gasteiger partial charge in [-0.1, -0.05) is 17.2 Å². The highest BCUT2D eigenvalue weighted by molar-refractivity contribution is 5.69. The second-order valence-electron chi connectivity index (χ2n) is 3.58. The summed E-state index contributed by atoms with van der Waals surface area (Å²) in [6, 6.07) is 7.70. The Morgan fingerprint density at radius 2 is 1.93 bits per heavy atom. The fourth-order valence-electron chi connectivity index (χ4n) is 1.29. The molecule has 0 aliphatic carbocycles. The van der Waals surface area contributed by atoms with E-state index in [1.807, 2.05) is 38.4 Å². The van der Waals surface area contributed by atoms with Gasteiger partial charge in [0, 0.05) is 12.8 Å². The number of rotatable bonds is 3. The molecule has 4 heteroatoms. The summed E-state index contributed by atoms with van der Waals surface area (Å²) in [4.78, 5) is 0. The van der Waals surface area contributed by atoms with E-state index in [0.717, 1.165) is 11.4 Å². The summed E-state index contributed by atoms with van der Waals surface area (Å²) in [5.74, 6) is 7.58. The average Bonchev–Trinajstić information content (AvgIpc) is 2.18. The minimum atomic E-state index is 0.319. The summed E-state index contributed by atoms with van der Waals surface area (Å²) in [6.07, 6.45) is 0. The molecular formula is C10H16N4. The molecule has 0 aliphatic rings. The molecular weight excluding hydrogens is 176 g/mol. The van der Waals surface area contributed by atoms with Crippen molar-refractivity contribution in [1.82, 2.24) is 4.59 Å². The first kappa shape index (κ1) is 10.7. The summed E-state index contributed by atoms with van der Waals surface area (Å²) < 4.78 is 0.319. The van der Waals surface area contributed by atoms with Gasteiger partial charge in [-0.05, 0) is 13.1 Å². The van der Waals surface area contributed by atoms with Crippen molar-refractivity contribution < 1.29 is 0 Å². The van der Waals surface area contributed by atoms with Gasteiger partial charge in [0.25, 0.3) is 0 Å². The number of hydrogen-bond donors (Lipinski definition) is 0. The molecule has 0 saturated heterocycles. The average molecular weight is 192 g/mol. The molecule has 4 nitrogen and oxygen atoms in total. The molecule has 0 amide bonds. The standard InChI is InChI=1S/C10H16N4/c1-12-14(3,4)10-8-6-5-7-9(10)13(2)11/h5-8,11H,1H2,2-4H3. The predicted octanol–water partition coefficient (Wildman–Crippen LogP) is 2.27. The maximum atomic E-state index is 7.58. The SMILES string of the molecule is C=N[N+](C)(C)c1ccccc1N(C)[NH-]. The van der Waals surface area contributed by atoms with Crippen LogP contribution >= 0.6 is 0 Å². The zero-order valence-electron chi connectivity index (χ0n) is 8.86. The molecule has 0 heterocycles. The number of hydrogen-bond acceptors (Lipinski definition) is 2. The van der Waals surface area contributed by atoms with Crippen LogP contribution in [0.5, 0.6) is 0 Å². The van der Waals surface area contributed by atoms with Crippen LogP contribution in [0.2, 0.25) is 0 Å². The molecule has 1 aromatic carbocycles. The van der Waals surface area contributed by atoms with Gasteiger partial charge in [-0.25, -0.2) is 0 Å². The van der Waals surface area contributed by atoms with Crippen molar-refractivity contribution in [2.24, 2.45) is 5.10 Å². The topological polar surface area (TPSA) is 39.4 Å². The van der Waals surface area contributed by atoms with Gasteiger partial charge >= 0.3 is 0 Å². The number of nitrogens with one attached hydrogen (secondary N) is 1. The summed E-state index contributed by atoms with van der Waals surface area (Å²) >= 11 is 0. The number of para-hydroxylation sites is 2. The first-order valence-electron chi connectivity index (χ1n) is 4.36. The molecule has 0 bridgehead atoms. The molecule has 1 rings (SSSR count). The first-order valence-corrected chi connectivity index (χ1v) is 4.36. The van der Waals surface area contributed by atoms with Crippen molar-refractivity contribution in [3.05, 3.63) is 30.1 Å². The van der Waals surface area contributed by atoms with Gasteiger partial charge in [-0.15, -0.1) is 0 Å². The molecule has 0 atom stereocenters. The molecule has 76 valence electrons. The first-order chi connectivity index (χ1) is 6.49. The third-order valence-electron chi connectivity index (χ3n) is 2.19. The van der Waals surface area contributed by atoms with Crippen LogP contribution in [-0.2, 0) is 0 Å².